The molecule has 0 radical (unpaired) electrons. The molecular weight excluding hydrogens is 326 g/mol. The van der Waals surface area contributed by atoms with Gasteiger partial charge in [0.05, 0.1) is 5.69 Å². The van der Waals surface area contributed by atoms with Gasteiger partial charge in [0, 0.05) is 44.1 Å². The summed E-state index contributed by atoms with van der Waals surface area (Å²) in [4.78, 5) is 18.9. The minimum Gasteiger partial charge on any atom is -0.336 e. The second kappa shape index (κ2) is 8.94. The highest BCUT2D eigenvalue weighted by Crippen LogP contribution is 2.21. The number of nitrogens with zero attached hydrogens (tertiary/aromatic N) is 4. The number of hydrogen-bond acceptors (Lipinski definition) is 4. The summed E-state index contributed by atoms with van der Waals surface area (Å²) in [7, 11) is 0. The molecule has 0 saturated carbocycles. The predicted octanol–water partition coefficient (Wildman–Crippen LogP) is 2.43. The van der Waals surface area contributed by atoms with E-state index in [-0.39, 0.29) is 12.5 Å². The molecule has 0 aliphatic carbocycles. The zero-order valence-electron chi connectivity index (χ0n) is 15.8. The highest BCUT2D eigenvalue weighted by Gasteiger charge is 2.20. The number of aromatic nitrogens is 3. The van der Waals surface area contributed by atoms with Crippen LogP contribution in [-0.4, -0.2) is 45.2 Å². The monoisotopic (exact) mass is 355 g/mol. The second-order valence-corrected chi connectivity index (χ2v) is 7.51. The molecule has 140 valence electrons. The molecule has 6 nitrogen and oxygen atoms in total. The van der Waals surface area contributed by atoms with E-state index in [2.05, 4.69) is 35.3 Å². The average molecular weight is 355 g/mol. The van der Waals surface area contributed by atoms with Crippen LogP contribution in [0.4, 0.5) is 0 Å². The van der Waals surface area contributed by atoms with Crippen molar-refractivity contribution in [3.05, 3.63) is 48.0 Å². The number of piperidine rings is 1. The molecule has 1 atom stereocenters. The van der Waals surface area contributed by atoms with Crippen molar-refractivity contribution < 1.29 is 4.79 Å². The van der Waals surface area contributed by atoms with Crippen LogP contribution in [0.15, 0.2) is 36.8 Å². The maximum atomic E-state index is 12.9. The summed E-state index contributed by atoms with van der Waals surface area (Å²) in [6.07, 6.45) is 7.85. The van der Waals surface area contributed by atoms with Crippen molar-refractivity contribution in [3.63, 3.8) is 0 Å². The van der Waals surface area contributed by atoms with Crippen LogP contribution >= 0.6 is 0 Å². The Kier molecular flexibility index (Phi) is 6.39. The van der Waals surface area contributed by atoms with E-state index >= 15 is 0 Å². The van der Waals surface area contributed by atoms with Gasteiger partial charge in [-0.2, -0.15) is 5.10 Å². The third-order valence-corrected chi connectivity index (χ3v) is 4.71. The van der Waals surface area contributed by atoms with Crippen LogP contribution in [0.2, 0.25) is 0 Å². The molecule has 26 heavy (non-hydrogen) atoms. The van der Waals surface area contributed by atoms with E-state index in [1.807, 2.05) is 29.4 Å². The van der Waals surface area contributed by atoms with Gasteiger partial charge in [-0.15, -0.1) is 0 Å². The van der Waals surface area contributed by atoms with Gasteiger partial charge >= 0.3 is 0 Å². The molecule has 6 heteroatoms. The first-order valence-corrected chi connectivity index (χ1v) is 9.52. The summed E-state index contributed by atoms with van der Waals surface area (Å²) in [5.41, 5.74) is 2.14. The highest BCUT2D eigenvalue weighted by molar-refractivity contribution is 5.75. The van der Waals surface area contributed by atoms with Crippen molar-refractivity contribution in [1.29, 1.82) is 0 Å². The lowest BCUT2D eigenvalue weighted by molar-refractivity contribution is -0.133. The zero-order chi connectivity index (χ0) is 18.4. The van der Waals surface area contributed by atoms with E-state index in [0.29, 0.717) is 18.4 Å². The molecule has 0 spiro atoms. The Labute approximate surface area is 155 Å². The van der Waals surface area contributed by atoms with E-state index < -0.39 is 0 Å². The summed E-state index contributed by atoms with van der Waals surface area (Å²) >= 11 is 0. The first kappa shape index (κ1) is 18.6. The number of rotatable bonds is 7. The van der Waals surface area contributed by atoms with Gasteiger partial charge in [-0.05, 0) is 43.0 Å². The Morgan fingerprint density at radius 2 is 2.31 bits per heavy atom. The maximum absolute atomic E-state index is 12.9. The fraction of sp³-hybridized carbons (Fsp3) is 0.550. The van der Waals surface area contributed by atoms with Crippen molar-refractivity contribution in [3.8, 4) is 0 Å². The van der Waals surface area contributed by atoms with Crippen LogP contribution in [-0.2, 0) is 17.9 Å². The SMILES string of the molecule is CC(C)CN(Cc1cccnc1)C(=O)Cn1ccc([C@@H]2CCCNC2)n1. The fourth-order valence-electron chi connectivity index (χ4n) is 3.43. The van der Waals surface area contributed by atoms with Gasteiger partial charge < -0.3 is 10.2 Å². The van der Waals surface area contributed by atoms with Crippen molar-refractivity contribution in [2.75, 3.05) is 19.6 Å². The Morgan fingerprint density at radius 3 is 3.00 bits per heavy atom. The quantitative estimate of drug-likeness (QED) is 0.829. The zero-order valence-corrected chi connectivity index (χ0v) is 15.8. The largest absolute Gasteiger partial charge is 0.336 e. The smallest absolute Gasteiger partial charge is 0.244 e. The minimum atomic E-state index is 0.0963. The van der Waals surface area contributed by atoms with Crippen molar-refractivity contribution in [2.45, 2.75) is 45.7 Å². The van der Waals surface area contributed by atoms with Crippen LogP contribution in [0.1, 0.15) is 43.9 Å². The molecule has 0 bridgehead atoms. The summed E-state index contributed by atoms with van der Waals surface area (Å²) in [6, 6.07) is 5.97. The Balaban J connectivity index is 1.64. The number of pyridine rings is 1. The molecule has 2 aromatic heterocycles. The molecule has 3 rings (SSSR count). The van der Waals surface area contributed by atoms with Gasteiger partial charge in [-0.3, -0.25) is 14.5 Å². The van der Waals surface area contributed by atoms with E-state index in [0.717, 1.165) is 30.9 Å². The van der Waals surface area contributed by atoms with E-state index in [4.69, 9.17) is 0 Å². The summed E-state index contributed by atoms with van der Waals surface area (Å²) in [5, 5.41) is 8.08. The molecular formula is C20H29N5O. The van der Waals surface area contributed by atoms with E-state index in [1.165, 1.54) is 12.8 Å². The van der Waals surface area contributed by atoms with Crippen LogP contribution in [0.25, 0.3) is 0 Å². The van der Waals surface area contributed by atoms with Crippen molar-refractivity contribution in [2.24, 2.45) is 5.92 Å². The molecule has 3 heterocycles. The van der Waals surface area contributed by atoms with Gasteiger partial charge in [-0.25, -0.2) is 0 Å². The lowest BCUT2D eigenvalue weighted by Gasteiger charge is -2.25. The molecule has 1 saturated heterocycles. The van der Waals surface area contributed by atoms with E-state index in [9.17, 15) is 4.79 Å². The predicted molar refractivity (Wildman–Crippen MR) is 102 cm³/mol. The molecule has 1 aliphatic rings. The number of carbonyl (C=O) groups is 1. The lowest BCUT2D eigenvalue weighted by Crippen LogP contribution is -2.36. The average Bonchev–Trinajstić information content (AvgIpc) is 3.11. The van der Waals surface area contributed by atoms with E-state index in [1.54, 1.807) is 10.9 Å². The molecule has 1 amide bonds. The molecule has 0 aromatic carbocycles. The summed E-state index contributed by atoms with van der Waals surface area (Å²) < 4.78 is 1.78. The Hall–Kier alpha value is -2.21. The number of amides is 1. The number of carbonyl (C=O) groups excluding carboxylic acids is 1. The standard InChI is InChI=1S/C20H29N5O/c1-16(2)13-24(14-17-5-3-8-21-11-17)20(26)15-25-10-7-19(23-25)18-6-4-9-22-12-18/h3,5,7-8,10-11,16,18,22H,4,6,9,12-15H2,1-2H3/t18-/m1/s1. The van der Waals surface area contributed by atoms with Crippen LogP contribution < -0.4 is 5.32 Å². The summed E-state index contributed by atoms with van der Waals surface area (Å²) in [5.74, 6) is 0.971. The van der Waals surface area contributed by atoms with Crippen LogP contribution in [0.3, 0.4) is 0 Å². The molecule has 1 aliphatic heterocycles. The fourth-order valence-corrected chi connectivity index (χ4v) is 3.43. The minimum absolute atomic E-state index is 0.0963. The lowest BCUT2D eigenvalue weighted by atomic mass is 9.97. The van der Waals surface area contributed by atoms with Gasteiger partial charge in [-0.1, -0.05) is 19.9 Å². The van der Waals surface area contributed by atoms with Crippen molar-refractivity contribution >= 4 is 5.91 Å². The number of hydrogen-bond donors (Lipinski definition) is 1. The first-order valence-electron chi connectivity index (χ1n) is 9.52. The topological polar surface area (TPSA) is 63.1 Å². The van der Waals surface area contributed by atoms with Gasteiger partial charge in [0.1, 0.15) is 6.54 Å². The Bertz CT molecular complexity index is 691. The summed E-state index contributed by atoms with van der Waals surface area (Å²) in [6.45, 7) is 7.93. The molecule has 1 fully saturated rings. The molecule has 1 N–H and O–H groups in total. The normalized spacial score (nSPS) is 17.4. The highest BCUT2D eigenvalue weighted by atomic mass is 16.2. The Morgan fingerprint density at radius 1 is 1.42 bits per heavy atom. The first-order chi connectivity index (χ1) is 12.6. The number of nitrogens with one attached hydrogen (secondary N) is 1. The molecule has 0 unspecified atom stereocenters. The van der Waals surface area contributed by atoms with Gasteiger partial charge in [0.15, 0.2) is 0 Å². The van der Waals surface area contributed by atoms with Gasteiger partial charge in [0.25, 0.3) is 0 Å². The van der Waals surface area contributed by atoms with Crippen LogP contribution in [0, 0.1) is 5.92 Å². The third-order valence-electron chi connectivity index (χ3n) is 4.71. The van der Waals surface area contributed by atoms with Crippen molar-refractivity contribution in [1.82, 2.24) is 25.0 Å². The third kappa shape index (κ3) is 5.14. The molecule has 2 aromatic rings. The van der Waals surface area contributed by atoms with Gasteiger partial charge in [0.2, 0.25) is 5.91 Å². The van der Waals surface area contributed by atoms with Crippen LogP contribution in [0.5, 0.6) is 0 Å². The second-order valence-electron chi connectivity index (χ2n) is 7.51. The maximum Gasteiger partial charge on any atom is 0.244 e.